The van der Waals surface area contributed by atoms with Crippen LogP contribution >= 0.6 is 0 Å². The van der Waals surface area contributed by atoms with E-state index in [-0.39, 0.29) is 0 Å². The molecule has 1 atom stereocenters. The van der Waals surface area contributed by atoms with Gasteiger partial charge >= 0.3 is 5.97 Å². The van der Waals surface area contributed by atoms with Crippen LogP contribution in [0.1, 0.15) is 28.3 Å². The van der Waals surface area contributed by atoms with Gasteiger partial charge in [-0.25, -0.2) is 0 Å². The third kappa shape index (κ3) is 4.95. The zero-order chi connectivity index (χ0) is 19.2. The molecular formula is C22H28N2O3. The normalized spacial score (nSPS) is 17.0. The van der Waals surface area contributed by atoms with Crippen LogP contribution in [0.15, 0.2) is 48.5 Å². The highest BCUT2D eigenvalue weighted by Crippen LogP contribution is 2.24. The van der Waals surface area contributed by atoms with Crippen molar-refractivity contribution in [1.82, 2.24) is 9.80 Å². The molecule has 1 N–H and O–H groups in total. The molecule has 2 aromatic rings. The maximum Gasteiger partial charge on any atom is 0.325 e. The van der Waals surface area contributed by atoms with E-state index < -0.39 is 12.0 Å². The highest BCUT2D eigenvalue weighted by atomic mass is 16.5. The Labute approximate surface area is 161 Å². The largest absolute Gasteiger partial charge is 0.480 e. The van der Waals surface area contributed by atoms with Gasteiger partial charge in [0, 0.05) is 39.8 Å². The van der Waals surface area contributed by atoms with E-state index in [1.54, 1.807) is 7.11 Å². The number of nitrogens with zero attached hydrogens (tertiary/aromatic N) is 2. The van der Waals surface area contributed by atoms with Crippen molar-refractivity contribution in [3.63, 3.8) is 0 Å². The first kappa shape index (κ1) is 19.5. The van der Waals surface area contributed by atoms with Crippen molar-refractivity contribution in [2.75, 3.05) is 33.3 Å². The second-order valence-corrected chi connectivity index (χ2v) is 7.16. The van der Waals surface area contributed by atoms with E-state index in [4.69, 9.17) is 4.74 Å². The Morgan fingerprint density at radius 3 is 2.52 bits per heavy atom. The summed E-state index contributed by atoms with van der Waals surface area (Å²) >= 11 is 0. The number of carboxylic acid groups (broad SMARTS) is 1. The van der Waals surface area contributed by atoms with E-state index in [1.807, 2.05) is 24.3 Å². The number of carboxylic acids is 1. The lowest BCUT2D eigenvalue weighted by molar-refractivity contribution is -0.144. The first-order valence-electron chi connectivity index (χ1n) is 9.40. The summed E-state index contributed by atoms with van der Waals surface area (Å²) in [6.07, 6.45) is 0. The zero-order valence-corrected chi connectivity index (χ0v) is 16.1. The molecule has 5 heteroatoms. The van der Waals surface area contributed by atoms with Crippen LogP contribution in [0.4, 0.5) is 0 Å². The molecule has 0 saturated carbocycles. The summed E-state index contributed by atoms with van der Waals surface area (Å²) in [4.78, 5) is 16.5. The van der Waals surface area contributed by atoms with Crippen molar-refractivity contribution in [3.8, 4) is 0 Å². The molecule has 27 heavy (non-hydrogen) atoms. The molecule has 1 saturated heterocycles. The number of hydrogen-bond acceptors (Lipinski definition) is 4. The van der Waals surface area contributed by atoms with Gasteiger partial charge in [-0.2, -0.15) is 0 Å². The van der Waals surface area contributed by atoms with Crippen LogP contribution in [0, 0.1) is 6.92 Å². The molecule has 3 rings (SSSR count). The van der Waals surface area contributed by atoms with Crippen molar-refractivity contribution in [2.45, 2.75) is 26.1 Å². The summed E-state index contributed by atoms with van der Waals surface area (Å²) < 4.78 is 5.18. The minimum atomic E-state index is -0.795. The Balaban J connectivity index is 1.66. The molecule has 144 valence electrons. The monoisotopic (exact) mass is 368 g/mol. The van der Waals surface area contributed by atoms with Crippen LogP contribution in [0.3, 0.4) is 0 Å². The molecular weight excluding hydrogens is 340 g/mol. The summed E-state index contributed by atoms with van der Waals surface area (Å²) in [5, 5.41) is 9.85. The third-order valence-electron chi connectivity index (χ3n) is 5.24. The first-order chi connectivity index (χ1) is 13.1. The van der Waals surface area contributed by atoms with Gasteiger partial charge in [0.1, 0.15) is 6.04 Å². The van der Waals surface area contributed by atoms with Crippen LogP contribution in [0.5, 0.6) is 0 Å². The molecule has 0 aliphatic carbocycles. The van der Waals surface area contributed by atoms with Crippen molar-refractivity contribution >= 4 is 5.97 Å². The van der Waals surface area contributed by atoms with E-state index in [9.17, 15) is 9.90 Å². The second kappa shape index (κ2) is 9.13. The Hall–Kier alpha value is -2.21. The van der Waals surface area contributed by atoms with E-state index in [0.29, 0.717) is 6.61 Å². The molecule has 0 radical (unpaired) electrons. The van der Waals surface area contributed by atoms with Crippen LogP contribution in [0.25, 0.3) is 0 Å². The number of ether oxygens (including phenoxy) is 1. The molecule has 0 bridgehead atoms. The highest BCUT2D eigenvalue weighted by molar-refractivity contribution is 5.75. The van der Waals surface area contributed by atoms with Gasteiger partial charge in [0.15, 0.2) is 0 Å². The quantitative estimate of drug-likeness (QED) is 0.814. The summed E-state index contributed by atoms with van der Waals surface area (Å²) in [5.41, 5.74) is 4.47. The lowest BCUT2D eigenvalue weighted by atomic mass is 10.0. The molecule has 5 nitrogen and oxygen atoms in total. The Morgan fingerprint density at radius 2 is 1.85 bits per heavy atom. The van der Waals surface area contributed by atoms with Gasteiger partial charge in [0.2, 0.25) is 0 Å². The molecule has 0 amide bonds. The molecule has 1 aliphatic rings. The lowest BCUT2D eigenvalue weighted by Gasteiger charge is -2.38. The van der Waals surface area contributed by atoms with Crippen molar-refractivity contribution in [3.05, 3.63) is 70.8 Å². The standard InChI is InChI=1S/C22H28N2O3/c1-17-6-3-4-8-20(17)15-23-10-12-24(13-11-23)21(22(25)26)19-9-5-7-18(14-19)16-27-2/h3-9,14,21H,10-13,15-16H2,1-2H3,(H,25,26)/t21-/m0/s1. The molecule has 1 fully saturated rings. The van der Waals surface area contributed by atoms with E-state index in [1.165, 1.54) is 11.1 Å². The van der Waals surface area contributed by atoms with Crippen LogP contribution in [-0.4, -0.2) is 54.2 Å². The van der Waals surface area contributed by atoms with Gasteiger partial charge in [-0.1, -0.05) is 48.5 Å². The number of methoxy groups -OCH3 is 1. The number of benzene rings is 2. The average molecular weight is 368 g/mol. The molecule has 1 aliphatic heterocycles. The van der Waals surface area contributed by atoms with Gasteiger partial charge in [0.05, 0.1) is 6.61 Å². The Bertz CT molecular complexity index is 770. The molecule has 1 heterocycles. The van der Waals surface area contributed by atoms with E-state index >= 15 is 0 Å². The maximum atomic E-state index is 12.0. The molecule has 0 unspecified atom stereocenters. The van der Waals surface area contributed by atoms with Crippen LogP contribution in [0.2, 0.25) is 0 Å². The van der Waals surface area contributed by atoms with E-state index in [0.717, 1.165) is 43.9 Å². The minimum Gasteiger partial charge on any atom is -0.480 e. The fourth-order valence-electron chi connectivity index (χ4n) is 3.74. The summed E-state index contributed by atoms with van der Waals surface area (Å²) in [5.74, 6) is -0.795. The predicted octanol–water partition coefficient (Wildman–Crippen LogP) is 3.08. The number of rotatable bonds is 7. The van der Waals surface area contributed by atoms with Crippen LogP contribution < -0.4 is 0 Å². The minimum absolute atomic E-state index is 0.490. The van der Waals surface area contributed by atoms with Crippen molar-refractivity contribution in [2.24, 2.45) is 0 Å². The fraction of sp³-hybridized carbons (Fsp3) is 0.409. The number of hydrogen-bond donors (Lipinski definition) is 1. The van der Waals surface area contributed by atoms with E-state index in [2.05, 4.69) is 41.0 Å². The average Bonchev–Trinajstić information content (AvgIpc) is 2.66. The lowest BCUT2D eigenvalue weighted by Crippen LogP contribution is -2.48. The highest BCUT2D eigenvalue weighted by Gasteiger charge is 2.30. The summed E-state index contributed by atoms with van der Waals surface area (Å²) in [7, 11) is 1.65. The van der Waals surface area contributed by atoms with Gasteiger partial charge in [-0.15, -0.1) is 0 Å². The van der Waals surface area contributed by atoms with Crippen molar-refractivity contribution in [1.29, 1.82) is 0 Å². The van der Waals surface area contributed by atoms with Crippen LogP contribution in [-0.2, 0) is 22.7 Å². The first-order valence-corrected chi connectivity index (χ1v) is 9.40. The zero-order valence-electron chi connectivity index (χ0n) is 16.1. The van der Waals surface area contributed by atoms with Gasteiger partial charge in [-0.05, 0) is 29.2 Å². The van der Waals surface area contributed by atoms with Gasteiger partial charge in [-0.3, -0.25) is 14.6 Å². The SMILES string of the molecule is COCc1cccc([C@@H](C(=O)O)N2CCN(Cc3ccccc3C)CC2)c1. The predicted molar refractivity (Wildman–Crippen MR) is 106 cm³/mol. The summed E-state index contributed by atoms with van der Waals surface area (Å²) in [6.45, 7) is 6.78. The smallest absolute Gasteiger partial charge is 0.325 e. The second-order valence-electron chi connectivity index (χ2n) is 7.16. The summed E-state index contributed by atoms with van der Waals surface area (Å²) in [6, 6.07) is 15.6. The van der Waals surface area contributed by atoms with Crippen molar-refractivity contribution < 1.29 is 14.6 Å². The topological polar surface area (TPSA) is 53.0 Å². The number of carbonyl (C=O) groups is 1. The maximum absolute atomic E-state index is 12.0. The number of aryl methyl sites for hydroxylation is 1. The Morgan fingerprint density at radius 1 is 1.11 bits per heavy atom. The number of aliphatic carboxylic acids is 1. The fourth-order valence-corrected chi connectivity index (χ4v) is 3.74. The van der Waals surface area contributed by atoms with Gasteiger partial charge < -0.3 is 9.84 Å². The molecule has 0 aromatic heterocycles. The molecule has 2 aromatic carbocycles. The molecule has 0 spiro atoms. The Kier molecular flexibility index (Phi) is 6.61. The number of piperazine rings is 1. The van der Waals surface area contributed by atoms with Gasteiger partial charge in [0.25, 0.3) is 0 Å². The third-order valence-corrected chi connectivity index (χ3v) is 5.24.